The molecule has 0 saturated carbocycles. The maximum atomic E-state index is 11.8. The van der Waals surface area contributed by atoms with E-state index in [1.54, 1.807) is 12.1 Å². The van der Waals surface area contributed by atoms with Crippen molar-refractivity contribution in [3.05, 3.63) is 92.4 Å². The lowest BCUT2D eigenvalue weighted by Crippen LogP contribution is -2.11. The highest BCUT2D eigenvalue weighted by Crippen LogP contribution is 2.21. The van der Waals surface area contributed by atoms with Gasteiger partial charge in [0.2, 0.25) is 0 Å². The Hall–Kier alpha value is -3.13. The highest BCUT2D eigenvalue weighted by Gasteiger charge is 2.07. The monoisotopic (exact) mass is 369 g/mol. The Morgan fingerprint density at radius 2 is 1.85 bits per heavy atom. The predicted octanol–water partition coefficient (Wildman–Crippen LogP) is 3.55. The molecular formula is C18H15N3O4S. The number of nitrogens with zero attached hydrogens (tertiary/aromatic N) is 2. The highest BCUT2D eigenvalue weighted by molar-refractivity contribution is 7.98. The summed E-state index contributed by atoms with van der Waals surface area (Å²) in [5, 5.41) is 11.1. The topological polar surface area (TPSA) is 98.1 Å². The van der Waals surface area contributed by atoms with Gasteiger partial charge in [-0.1, -0.05) is 42.1 Å². The molecule has 1 heterocycles. The number of hydrogen-bond donors (Lipinski definition) is 1. The van der Waals surface area contributed by atoms with Gasteiger partial charge in [-0.05, 0) is 17.7 Å². The van der Waals surface area contributed by atoms with Crippen LogP contribution in [0.1, 0.15) is 11.3 Å². The summed E-state index contributed by atoms with van der Waals surface area (Å²) in [6.45, 7) is 0.193. The fraction of sp³-hybridized carbons (Fsp3) is 0.111. The van der Waals surface area contributed by atoms with E-state index >= 15 is 0 Å². The lowest BCUT2D eigenvalue weighted by atomic mass is 10.2. The van der Waals surface area contributed by atoms with Crippen molar-refractivity contribution < 1.29 is 9.66 Å². The highest BCUT2D eigenvalue weighted by atomic mass is 32.2. The smallest absolute Gasteiger partial charge is 0.269 e. The van der Waals surface area contributed by atoms with Crippen molar-refractivity contribution in [3.63, 3.8) is 0 Å². The van der Waals surface area contributed by atoms with E-state index in [4.69, 9.17) is 4.74 Å². The quantitative estimate of drug-likeness (QED) is 0.296. The van der Waals surface area contributed by atoms with Crippen LogP contribution >= 0.6 is 11.8 Å². The number of nitrogens with one attached hydrogen (secondary N) is 1. The van der Waals surface area contributed by atoms with Crippen molar-refractivity contribution in [3.8, 4) is 5.75 Å². The maximum absolute atomic E-state index is 11.8. The van der Waals surface area contributed by atoms with Crippen LogP contribution in [0.4, 0.5) is 5.69 Å². The first-order valence-electron chi connectivity index (χ1n) is 7.74. The van der Waals surface area contributed by atoms with Gasteiger partial charge in [0.15, 0.2) is 5.16 Å². The molecule has 0 aliphatic rings. The molecule has 3 rings (SSSR count). The Morgan fingerprint density at radius 1 is 1.12 bits per heavy atom. The molecule has 0 spiro atoms. The largest absolute Gasteiger partial charge is 0.487 e. The molecule has 2 aromatic carbocycles. The Kier molecular flexibility index (Phi) is 5.65. The number of aromatic nitrogens is 2. The molecule has 0 atom stereocenters. The summed E-state index contributed by atoms with van der Waals surface area (Å²) in [5.74, 6) is 1.24. The van der Waals surface area contributed by atoms with Gasteiger partial charge in [0.25, 0.3) is 11.2 Å². The molecule has 0 aliphatic carbocycles. The Bertz CT molecular complexity index is 943. The number of nitro groups is 1. The van der Waals surface area contributed by atoms with Gasteiger partial charge in [-0.3, -0.25) is 14.9 Å². The van der Waals surface area contributed by atoms with E-state index < -0.39 is 4.92 Å². The Morgan fingerprint density at radius 3 is 2.54 bits per heavy atom. The molecular weight excluding hydrogens is 354 g/mol. The summed E-state index contributed by atoms with van der Waals surface area (Å²) in [7, 11) is 0. The Balaban J connectivity index is 1.63. The van der Waals surface area contributed by atoms with Gasteiger partial charge >= 0.3 is 0 Å². The first-order chi connectivity index (χ1) is 12.6. The van der Waals surface area contributed by atoms with Crippen molar-refractivity contribution in [1.82, 2.24) is 9.97 Å². The standard InChI is InChI=1S/C18H15N3O4S/c22-17-10-14(11-25-16-4-2-1-3-5-16)19-18(20-17)26-12-13-6-8-15(9-7-13)21(23)24/h1-10H,11-12H2,(H,19,20,22). The number of thioether (sulfide) groups is 1. The molecule has 0 fully saturated rings. The Labute approximate surface area is 153 Å². The number of para-hydroxylation sites is 1. The van der Waals surface area contributed by atoms with E-state index in [0.717, 1.165) is 5.56 Å². The molecule has 26 heavy (non-hydrogen) atoms. The van der Waals surface area contributed by atoms with Gasteiger partial charge in [0.05, 0.1) is 10.6 Å². The van der Waals surface area contributed by atoms with Crippen molar-refractivity contribution in [2.75, 3.05) is 0 Å². The van der Waals surface area contributed by atoms with E-state index in [1.165, 1.54) is 30.0 Å². The van der Waals surface area contributed by atoms with Crippen LogP contribution in [0.25, 0.3) is 0 Å². The fourth-order valence-electron chi connectivity index (χ4n) is 2.17. The number of H-pyrrole nitrogens is 1. The molecule has 0 saturated heterocycles. The van der Waals surface area contributed by atoms with Crippen LogP contribution in [0.2, 0.25) is 0 Å². The average Bonchev–Trinajstić information content (AvgIpc) is 2.65. The number of rotatable bonds is 7. The van der Waals surface area contributed by atoms with E-state index in [-0.39, 0.29) is 17.9 Å². The van der Waals surface area contributed by atoms with Crippen LogP contribution in [-0.4, -0.2) is 14.9 Å². The average molecular weight is 369 g/mol. The minimum Gasteiger partial charge on any atom is -0.487 e. The maximum Gasteiger partial charge on any atom is 0.269 e. The van der Waals surface area contributed by atoms with Crippen molar-refractivity contribution in [2.24, 2.45) is 0 Å². The van der Waals surface area contributed by atoms with Gasteiger partial charge < -0.3 is 9.72 Å². The van der Waals surface area contributed by atoms with Crippen LogP contribution in [0, 0.1) is 10.1 Å². The molecule has 7 nitrogen and oxygen atoms in total. The van der Waals surface area contributed by atoms with Crippen LogP contribution in [0.3, 0.4) is 0 Å². The zero-order valence-corrected chi connectivity index (χ0v) is 14.4. The SMILES string of the molecule is O=c1cc(COc2ccccc2)nc(SCc2ccc([N+](=O)[O-])cc2)[nH]1. The van der Waals surface area contributed by atoms with Gasteiger partial charge in [0, 0.05) is 24.0 Å². The first-order valence-corrected chi connectivity index (χ1v) is 8.73. The molecule has 0 radical (unpaired) electrons. The van der Waals surface area contributed by atoms with Crippen LogP contribution in [0.5, 0.6) is 5.75 Å². The third-order valence-electron chi connectivity index (χ3n) is 3.43. The second-order valence-electron chi connectivity index (χ2n) is 5.36. The van der Waals surface area contributed by atoms with E-state index in [1.807, 2.05) is 30.3 Å². The summed E-state index contributed by atoms with van der Waals surface area (Å²) < 4.78 is 5.61. The van der Waals surface area contributed by atoms with Gasteiger partial charge in [0.1, 0.15) is 12.4 Å². The normalized spacial score (nSPS) is 10.5. The molecule has 1 aromatic heterocycles. The van der Waals surface area contributed by atoms with Crippen molar-refractivity contribution >= 4 is 17.4 Å². The lowest BCUT2D eigenvalue weighted by molar-refractivity contribution is -0.384. The zero-order chi connectivity index (χ0) is 18.4. The number of nitro benzene ring substituents is 1. The molecule has 0 bridgehead atoms. The first kappa shape index (κ1) is 17.7. The lowest BCUT2D eigenvalue weighted by Gasteiger charge is -2.07. The fourth-order valence-corrected chi connectivity index (χ4v) is 3.02. The van der Waals surface area contributed by atoms with Gasteiger partial charge in [-0.25, -0.2) is 4.98 Å². The van der Waals surface area contributed by atoms with E-state index in [9.17, 15) is 14.9 Å². The predicted molar refractivity (Wildman–Crippen MR) is 98.3 cm³/mol. The molecule has 3 aromatic rings. The number of hydrogen-bond acceptors (Lipinski definition) is 6. The third-order valence-corrected chi connectivity index (χ3v) is 4.37. The van der Waals surface area contributed by atoms with Crippen molar-refractivity contribution in [2.45, 2.75) is 17.5 Å². The van der Waals surface area contributed by atoms with Crippen LogP contribution < -0.4 is 10.3 Å². The summed E-state index contributed by atoms with van der Waals surface area (Å²) in [6, 6.07) is 17.0. The molecule has 1 N–H and O–H groups in total. The van der Waals surface area contributed by atoms with Crippen molar-refractivity contribution in [1.29, 1.82) is 0 Å². The molecule has 0 unspecified atom stereocenters. The summed E-state index contributed by atoms with van der Waals surface area (Å²) >= 11 is 1.35. The zero-order valence-electron chi connectivity index (χ0n) is 13.6. The second-order valence-corrected chi connectivity index (χ2v) is 6.32. The number of aromatic amines is 1. The van der Waals surface area contributed by atoms with Gasteiger partial charge in [-0.15, -0.1) is 0 Å². The summed E-state index contributed by atoms with van der Waals surface area (Å²) in [5.41, 5.74) is 1.22. The van der Waals surface area contributed by atoms with E-state index in [0.29, 0.717) is 22.4 Å². The summed E-state index contributed by atoms with van der Waals surface area (Å²) in [6.07, 6.45) is 0. The third kappa shape index (κ3) is 4.93. The van der Waals surface area contributed by atoms with Gasteiger partial charge in [-0.2, -0.15) is 0 Å². The molecule has 8 heteroatoms. The number of non-ortho nitro benzene ring substituents is 1. The number of ether oxygens (including phenoxy) is 1. The minimum absolute atomic E-state index is 0.0466. The van der Waals surface area contributed by atoms with Crippen LogP contribution in [0.15, 0.2) is 70.6 Å². The molecule has 0 aliphatic heterocycles. The van der Waals surface area contributed by atoms with E-state index in [2.05, 4.69) is 9.97 Å². The second kappa shape index (κ2) is 8.30. The summed E-state index contributed by atoms with van der Waals surface area (Å²) in [4.78, 5) is 29.1. The van der Waals surface area contributed by atoms with Crippen LogP contribution in [-0.2, 0) is 12.4 Å². The molecule has 132 valence electrons. The molecule has 0 amide bonds. The minimum atomic E-state index is -0.438. The number of benzene rings is 2.